The van der Waals surface area contributed by atoms with Crippen molar-refractivity contribution in [3.8, 4) is 0 Å². The number of hydrogen-bond acceptors (Lipinski definition) is 4. The molecule has 5 nitrogen and oxygen atoms in total. The van der Waals surface area contributed by atoms with Gasteiger partial charge in [0.05, 0.1) is 15.5 Å². The maximum Gasteiger partial charge on any atom is 0.322 e. The van der Waals surface area contributed by atoms with Crippen LogP contribution in [0.3, 0.4) is 0 Å². The zero-order valence-electron chi connectivity index (χ0n) is 11.7. The van der Waals surface area contributed by atoms with E-state index in [0.717, 1.165) is 0 Å². The maximum absolute atomic E-state index is 12.8. The van der Waals surface area contributed by atoms with Crippen LogP contribution in [-0.2, 0) is 14.6 Å². The Labute approximate surface area is 133 Å². The molecule has 0 aliphatic carbocycles. The van der Waals surface area contributed by atoms with Crippen LogP contribution >= 0.6 is 11.6 Å². The Kier molecular flexibility index (Phi) is 4.73. The molecule has 22 heavy (non-hydrogen) atoms. The summed E-state index contributed by atoms with van der Waals surface area (Å²) in [6.45, 7) is 1.29. The number of rotatable bonds is 5. The highest BCUT2D eigenvalue weighted by atomic mass is 35.5. The summed E-state index contributed by atoms with van der Waals surface area (Å²) < 4.78 is 25.6. The third-order valence-electron chi connectivity index (χ3n) is 3.03. The molecule has 0 saturated carbocycles. The minimum absolute atomic E-state index is 0.0681. The molecule has 0 spiro atoms. The predicted octanol–water partition coefficient (Wildman–Crippen LogP) is 2.98. The summed E-state index contributed by atoms with van der Waals surface area (Å²) in [5.74, 6) is -1.07. The van der Waals surface area contributed by atoms with Crippen molar-refractivity contribution in [1.82, 2.24) is 0 Å². The van der Waals surface area contributed by atoms with E-state index in [1.54, 1.807) is 25.1 Å². The van der Waals surface area contributed by atoms with Gasteiger partial charge < -0.3 is 10.4 Å². The van der Waals surface area contributed by atoms with Gasteiger partial charge in [-0.2, -0.15) is 0 Å². The molecule has 2 rings (SSSR count). The topological polar surface area (TPSA) is 83.5 Å². The Hall–Kier alpha value is -2.05. The van der Waals surface area contributed by atoms with E-state index >= 15 is 0 Å². The molecule has 0 atom stereocenters. The molecule has 2 aromatic rings. The molecule has 116 valence electrons. The second-order valence-corrected chi connectivity index (χ2v) is 6.98. The molecule has 2 N–H and O–H groups in total. The third kappa shape index (κ3) is 3.40. The Morgan fingerprint density at radius 2 is 1.82 bits per heavy atom. The van der Waals surface area contributed by atoms with Crippen LogP contribution in [0.25, 0.3) is 0 Å². The molecule has 7 heteroatoms. The van der Waals surface area contributed by atoms with E-state index < -0.39 is 15.8 Å². The van der Waals surface area contributed by atoms with Crippen LogP contribution in [0, 0.1) is 6.92 Å². The Morgan fingerprint density at radius 1 is 1.18 bits per heavy atom. The first-order valence-electron chi connectivity index (χ1n) is 6.38. The van der Waals surface area contributed by atoms with Crippen LogP contribution in [0.1, 0.15) is 5.56 Å². The first kappa shape index (κ1) is 16.3. The smallest absolute Gasteiger partial charge is 0.322 e. The van der Waals surface area contributed by atoms with Crippen LogP contribution in [0.15, 0.2) is 52.3 Å². The van der Waals surface area contributed by atoms with Gasteiger partial charge in [-0.05, 0) is 42.8 Å². The molecule has 0 aromatic heterocycles. The SMILES string of the molecule is Cc1cccc(NCC(=O)O)c1S(=O)(=O)c1ccc(Cl)cc1. The summed E-state index contributed by atoms with van der Waals surface area (Å²) in [6, 6.07) is 10.7. The van der Waals surface area contributed by atoms with Crippen molar-refractivity contribution >= 4 is 33.1 Å². The number of aryl methyl sites for hydroxylation is 1. The second kappa shape index (κ2) is 6.37. The van der Waals surface area contributed by atoms with Crippen molar-refractivity contribution in [2.75, 3.05) is 11.9 Å². The number of carboxylic acids is 1. The van der Waals surface area contributed by atoms with Gasteiger partial charge >= 0.3 is 5.97 Å². The number of sulfone groups is 1. The zero-order chi connectivity index (χ0) is 16.3. The summed E-state index contributed by atoms with van der Waals surface area (Å²) in [5.41, 5.74) is 0.794. The molecule has 0 radical (unpaired) electrons. The fraction of sp³-hybridized carbons (Fsp3) is 0.133. The highest BCUT2D eigenvalue weighted by molar-refractivity contribution is 7.91. The van der Waals surface area contributed by atoms with Gasteiger partial charge in [-0.25, -0.2) is 8.42 Å². The fourth-order valence-electron chi connectivity index (χ4n) is 2.05. The number of nitrogens with one attached hydrogen (secondary N) is 1. The molecule has 0 fully saturated rings. The lowest BCUT2D eigenvalue weighted by Crippen LogP contribution is -2.15. The highest BCUT2D eigenvalue weighted by Crippen LogP contribution is 2.31. The summed E-state index contributed by atoms with van der Waals surface area (Å²) in [7, 11) is -3.78. The minimum Gasteiger partial charge on any atom is -0.480 e. The number of carboxylic acid groups (broad SMARTS) is 1. The fourth-order valence-corrected chi connectivity index (χ4v) is 3.83. The van der Waals surface area contributed by atoms with Crippen molar-refractivity contribution in [2.45, 2.75) is 16.7 Å². The largest absolute Gasteiger partial charge is 0.480 e. The second-order valence-electron chi connectivity index (χ2n) is 4.66. The quantitative estimate of drug-likeness (QED) is 0.875. The van der Waals surface area contributed by atoms with Crippen molar-refractivity contribution < 1.29 is 18.3 Å². The average Bonchev–Trinajstić information content (AvgIpc) is 2.45. The van der Waals surface area contributed by atoms with E-state index in [0.29, 0.717) is 10.6 Å². The number of halogens is 1. The highest BCUT2D eigenvalue weighted by Gasteiger charge is 2.23. The van der Waals surface area contributed by atoms with E-state index in [1.165, 1.54) is 24.3 Å². The van der Waals surface area contributed by atoms with Gasteiger partial charge in [-0.3, -0.25) is 4.79 Å². The van der Waals surface area contributed by atoms with Crippen LogP contribution in [0.4, 0.5) is 5.69 Å². The van der Waals surface area contributed by atoms with Gasteiger partial charge in [0.2, 0.25) is 9.84 Å². The lowest BCUT2D eigenvalue weighted by molar-refractivity contribution is -0.134. The Bertz CT molecular complexity index is 801. The molecule has 0 aliphatic rings. The van der Waals surface area contributed by atoms with Crippen molar-refractivity contribution in [1.29, 1.82) is 0 Å². The normalized spacial score (nSPS) is 11.2. The summed E-state index contributed by atoms with van der Waals surface area (Å²) in [6.07, 6.45) is 0. The maximum atomic E-state index is 12.8. The van der Waals surface area contributed by atoms with Gasteiger partial charge in [0.15, 0.2) is 0 Å². The number of hydrogen-bond donors (Lipinski definition) is 2. The van der Waals surface area contributed by atoms with Crippen LogP contribution in [-0.4, -0.2) is 26.0 Å². The lowest BCUT2D eigenvalue weighted by atomic mass is 10.2. The number of carbonyl (C=O) groups is 1. The molecule has 0 aliphatic heterocycles. The molecule has 0 saturated heterocycles. The molecular weight excluding hydrogens is 326 g/mol. The summed E-state index contributed by atoms with van der Waals surface area (Å²) >= 11 is 5.78. The van der Waals surface area contributed by atoms with Crippen LogP contribution in [0.5, 0.6) is 0 Å². The molecule has 2 aromatic carbocycles. The number of benzene rings is 2. The molecule has 0 heterocycles. The van der Waals surface area contributed by atoms with E-state index in [1.807, 2.05) is 0 Å². The first-order valence-corrected chi connectivity index (χ1v) is 8.24. The van der Waals surface area contributed by atoms with E-state index in [2.05, 4.69) is 5.32 Å². The van der Waals surface area contributed by atoms with Gasteiger partial charge in [0.25, 0.3) is 0 Å². The van der Waals surface area contributed by atoms with Crippen molar-refractivity contribution in [3.05, 3.63) is 53.1 Å². The average molecular weight is 340 g/mol. The van der Waals surface area contributed by atoms with Crippen LogP contribution < -0.4 is 5.32 Å². The van der Waals surface area contributed by atoms with Gasteiger partial charge in [-0.15, -0.1) is 0 Å². The number of aliphatic carboxylic acids is 1. The Morgan fingerprint density at radius 3 is 2.41 bits per heavy atom. The predicted molar refractivity (Wildman–Crippen MR) is 84.2 cm³/mol. The molecular formula is C15H14ClNO4S. The summed E-state index contributed by atoms with van der Waals surface area (Å²) in [4.78, 5) is 10.9. The zero-order valence-corrected chi connectivity index (χ0v) is 13.3. The van der Waals surface area contributed by atoms with E-state index in [4.69, 9.17) is 16.7 Å². The van der Waals surface area contributed by atoms with E-state index in [-0.39, 0.29) is 22.0 Å². The van der Waals surface area contributed by atoms with Crippen molar-refractivity contribution in [3.63, 3.8) is 0 Å². The molecule has 0 bridgehead atoms. The molecule has 0 amide bonds. The third-order valence-corrected chi connectivity index (χ3v) is 5.26. The van der Waals surface area contributed by atoms with E-state index in [9.17, 15) is 13.2 Å². The van der Waals surface area contributed by atoms with Gasteiger partial charge in [0, 0.05) is 5.02 Å². The van der Waals surface area contributed by atoms with Gasteiger partial charge in [0.1, 0.15) is 6.54 Å². The monoisotopic (exact) mass is 339 g/mol. The lowest BCUT2D eigenvalue weighted by Gasteiger charge is -2.14. The van der Waals surface area contributed by atoms with Gasteiger partial charge in [-0.1, -0.05) is 23.7 Å². The Balaban J connectivity index is 2.54. The van der Waals surface area contributed by atoms with Crippen molar-refractivity contribution in [2.24, 2.45) is 0 Å². The first-order chi connectivity index (χ1) is 10.3. The standard InChI is InChI=1S/C15H14ClNO4S/c1-10-3-2-4-13(17-9-14(18)19)15(10)22(20,21)12-7-5-11(16)6-8-12/h2-8,17H,9H2,1H3,(H,18,19). The minimum atomic E-state index is -3.78. The van der Waals surface area contributed by atoms with Crippen LogP contribution in [0.2, 0.25) is 5.02 Å². The molecule has 0 unspecified atom stereocenters. The number of anilines is 1. The summed E-state index contributed by atoms with van der Waals surface area (Å²) in [5, 5.41) is 11.8.